The number of thioether (sulfide) groups is 1. The maximum atomic E-state index is 13.3. The molecule has 1 N–H and O–H groups in total. The molecule has 1 fully saturated rings. The van der Waals surface area contributed by atoms with Crippen LogP contribution < -0.4 is 5.32 Å². The second kappa shape index (κ2) is 7.09. The van der Waals surface area contributed by atoms with Gasteiger partial charge in [0.1, 0.15) is 0 Å². The van der Waals surface area contributed by atoms with Crippen molar-refractivity contribution >= 4 is 23.7 Å². The van der Waals surface area contributed by atoms with Crippen LogP contribution in [0.4, 0.5) is 4.79 Å². The maximum absolute atomic E-state index is 13.3. The number of carbonyl (C=O) groups is 2. The van der Waals surface area contributed by atoms with E-state index in [1.807, 2.05) is 66.9 Å². The molecule has 0 atom stereocenters. The number of hydrogen-bond donors (Lipinski definition) is 1. The van der Waals surface area contributed by atoms with Gasteiger partial charge in [-0.3, -0.25) is 9.69 Å². The van der Waals surface area contributed by atoms with Gasteiger partial charge in [0.2, 0.25) is 0 Å². The third-order valence-electron chi connectivity index (χ3n) is 4.25. The van der Waals surface area contributed by atoms with Crippen LogP contribution >= 0.6 is 11.8 Å². The van der Waals surface area contributed by atoms with Gasteiger partial charge < -0.3 is 5.32 Å². The number of amides is 3. The van der Waals surface area contributed by atoms with Crippen LogP contribution in [0, 0.1) is 0 Å². The lowest BCUT2D eigenvalue weighted by atomic mass is 9.82. The van der Waals surface area contributed by atoms with Gasteiger partial charge in [0.25, 0.3) is 5.91 Å². The highest BCUT2D eigenvalue weighted by atomic mass is 32.2. The standard InChI is InChI=1S/C19H20N2O2S/c1-24-14-8-13-21-17(22)19(20-18(21)23,15-9-4-2-5-10-15)16-11-6-3-7-12-16/h2-7,9-12H,8,13-14H2,1H3,(H,20,23). The van der Waals surface area contributed by atoms with Crippen LogP contribution in [0.15, 0.2) is 60.7 Å². The van der Waals surface area contributed by atoms with Gasteiger partial charge in [-0.1, -0.05) is 60.7 Å². The summed E-state index contributed by atoms with van der Waals surface area (Å²) in [5.41, 5.74) is 0.419. The highest BCUT2D eigenvalue weighted by molar-refractivity contribution is 7.98. The van der Waals surface area contributed by atoms with Gasteiger partial charge >= 0.3 is 6.03 Å². The Hall–Kier alpha value is -2.27. The first-order valence-corrected chi connectivity index (χ1v) is 9.33. The number of nitrogens with zero attached hydrogens (tertiary/aromatic N) is 1. The lowest BCUT2D eigenvalue weighted by Gasteiger charge is -2.28. The Balaban J connectivity index is 2.04. The lowest BCUT2D eigenvalue weighted by molar-refractivity contribution is -0.130. The van der Waals surface area contributed by atoms with E-state index in [9.17, 15) is 9.59 Å². The molecule has 3 rings (SSSR count). The van der Waals surface area contributed by atoms with Crippen molar-refractivity contribution in [3.8, 4) is 0 Å². The monoisotopic (exact) mass is 340 g/mol. The van der Waals surface area contributed by atoms with Crippen molar-refractivity contribution in [3.63, 3.8) is 0 Å². The Labute approximate surface area is 146 Å². The Bertz CT molecular complexity index is 679. The fourth-order valence-corrected chi connectivity index (χ4v) is 3.50. The largest absolute Gasteiger partial charge is 0.325 e. The van der Waals surface area contributed by atoms with Gasteiger partial charge in [-0.15, -0.1) is 0 Å². The topological polar surface area (TPSA) is 49.4 Å². The molecule has 1 heterocycles. The fraction of sp³-hybridized carbons (Fsp3) is 0.263. The SMILES string of the molecule is CSCCCN1C(=O)NC(c2ccccc2)(c2ccccc2)C1=O. The molecule has 1 saturated heterocycles. The maximum Gasteiger partial charge on any atom is 0.325 e. The van der Waals surface area contributed by atoms with Gasteiger partial charge in [0, 0.05) is 6.54 Å². The summed E-state index contributed by atoms with van der Waals surface area (Å²) < 4.78 is 0. The van der Waals surface area contributed by atoms with E-state index in [0.717, 1.165) is 23.3 Å². The molecule has 3 amide bonds. The van der Waals surface area contributed by atoms with E-state index in [1.54, 1.807) is 11.8 Å². The third kappa shape index (κ3) is 2.80. The summed E-state index contributed by atoms with van der Waals surface area (Å²) >= 11 is 1.71. The molecule has 0 spiro atoms. The van der Waals surface area contributed by atoms with Gasteiger partial charge in [-0.25, -0.2) is 4.79 Å². The molecule has 0 saturated carbocycles. The molecule has 24 heavy (non-hydrogen) atoms. The van der Waals surface area contributed by atoms with Crippen molar-refractivity contribution in [1.29, 1.82) is 0 Å². The van der Waals surface area contributed by atoms with Crippen molar-refractivity contribution in [1.82, 2.24) is 10.2 Å². The average molecular weight is 340 g/mol. The van der Waals surface area contributed by atoms with E-state index in [-0.39, 0.29) is 11.9 Å². The highest BCUT2D eigenvalue weighted by Crippen LogP contribution is 2.35. The number of imide groups is 1. The molecule has 4 nitrogen and oxygen atoms in total. The second-order valence-electron chi connectivity index (χ2n) is 5.72. The zero-order chi connectivity index (χ0) is 17.0. The van der Waals surface area contributed by atoms with Crippen molar-refractivity contribution in [2.45, 2.75) is 12.0 Å². The zero-order valence-corrected chi connectivity index (χ0v) is 14.4. The van der Waals surface area contributed by atoms with E-state index in [0.29, 0.717) is 6.54 Å². The van der Waals surface area contributed by atoms with Crippen LogP contribution in [0.1, 0.15) is 17.5 Å². The van der Waals surface area contributed by atoms with Crippen LogP contribution in [-0.4, -0.2) is 35.4 Å². The quantitative estimate of drug-likeness (QED) is 0.649. The Morgan fingerprint density at radius 3 is 2.00 bits per heavy atom. The lowest BCUT2D eigenvalue weighted by Crippen LogP contribution is -2.45. The molecule has 1 aliphatic rings. The molecule has 1 aliphatic heterocycles. The van der Waals surface area contributed by atoms with Gasteiger partial charge in [-0.2, -0.15) is 11.8 Å². The summed E-state index contributed by atoms with van der Waals surface area (Å²) in [6.45, 7) is 0.437. The van der Waals surface area contributed by atoms with E-state index < -0.39 is 5.54 Å². The van der Waals surface area contributed by atoms with Gasteiger partial charge in [-0.05, 0) is 29.6 Å². The molecule has 0 unspecified atom stereocenters. The summed E-state index contributed by atoms with van der Waals surface area (Å²) in [7, 11) is 0. The van der Waals surface area contributed by atoms with E-state index in [4.69, 9.17) is 0 Å². The van der Waals surface area contributed by atoms with Crippen LogP contribution in [0.2, 0.25) is 0 Å². The normalized spacial score (nSPS) is 16.3. The number of hydrogen-bond acceptors (Lipinski definition) is 3. The van der Waals surface area contributed by atoms with Crippen LogP contribution in [-0.2, 0) is 10.3 Å². The van der Waals surface area contributed by atoms with E-state index in [1.165, 1.54) is 4.90 Å². The molecule has 2 aromatic rings. The Kier molecular flexibility index (Phi) is 4.90. The highest BCUT2D eigenvalue weighted by Gasteiger charge is 2.53. The summed E-state index contributed by atoms with van der Waals surface area (Å²) in [6, 6.07) is 18.6. The van der Waals surface area contributed by atoms with Gasteiger partial charge in [0.05, 0.1) is 0 Å². The number of carbonyl (C=O) groups excluding carboxylic acids is 2. The minimum atomic E-state index is -1.14. The summed E-state index contributed by atoms with van der Waals surface area (Å²) in [5, 5.41) is 2.96. The third-order valence-corrected chi connectivity index (χ3v) is 4.95. The predicted octanol–water partition coefficient (Wildman–Crippen LogP) is 3.24. The molecule has 0 aromatic heterocycles. The first kappa shape index (κ1) is 16.6. The molecule has 5 heteroatoms. The number of benzene rings is 2. The smallest absolute Gasteiger partial charge is 0.315 e. The van der Waals surface area contributed by atoms with Crippen LogP contribution in [0.3, 0.4) is 0 Å². The minimum Gasteiger partial charge on any atom is -0.315 e. The molecule has 0 bridgehead atoms. The Morgan fingerprint density at radius 2 is 1.50 bits per heavy atom. The minimum absolute atomic E-state index is 0.203. The molecular formula is C19H20N2O2S. The zero-order valence-electron chi connectivity index (χ0n) is 13.6. The molecule has 0 radical (unpaired) electrons. The Morgan fingerprint density at radius 1 is 0.958 bits per heavy atom. The van der Waals surface area contributed by atoms with Crippen molar-refractivity contribution < 1.29 is 9.59 Å². The molecule has 2 aromatic carbocycles. The van der Waals surface area contributed by atoms with Crippen molar-refractivity contribution in [2.24, 2.45) is 0 Å². The van der Waals surface area contributed by atoms with Crippen LogP contribution in [0.5, 0.6) is 0 Å². The van der Waals surface area contributed by atoms with Crippen molar-refractivity contribution in [2.75, 3.05) is 18.6 Å². The van der Waals surface area contributed by atoms with Crippen LogP contribution in [0.25, 0.3) is 0 Å². The van der Waals surface area contributed by atoms with Crippen molar-refractivity contribution in [3.05, 3.63) is 71.8 Å². The summed E-state index contributed by atoms with van der Waals surface area (Å²) in [4.78, 5) is 27.1. The predicted molar refractivity (Wildman–Crippen MR) is 96.9 cm³/mol. The van der Waals surface area contributed by atoms with E-state index >= 15 is 0 Å². The molecule has 124 valence electrons. The number of nitrogens with one attached hydrogen (secondary N) is 1. The number of urea groups is 1. The number of rotatable bonds is 6. The average Bonchev–Trinajstić information content (AvgIpc) is 2.89. The van der Waals surface area contributed by atoms with E-state index in [2.05, 4.69) is 5.32 Å². The molecule has 0 aliphatic carbocycles. The fourth-order valence-electron chi connectivity index (χ4n) is 3.08. The van der Waals surface area contributed by atoms with Gasteiger partial charge in [0.15, 0.2) is 5.54 Å². The summed E-state index contributed by atoms with van der Waals surface area (Å²) in [6.07, 6.45) is 2.81. The molecular weight excluding hydrogens is 320 g/mol. The summed E-state index contributed by atoms with van der Waals surface area (Å²) in [5.74, 6) is 0.715. The second-order valence-corrected chi connectivity index (χ2v) is 6.70. The first-order valence-electron chi connectivity index (χ1n) is 7.94. The first-order chi connectivity index (χ1) is 11.7.